The van der Waals surface area contributed by atoms with Gasteiger partial charge in [-0.05, 0) is 46.2 Å². The number of hydrogen-bond donors (Lipinski definition) is 1. The molecule has 0 radical (unpaired) electrons. The van der Waals surface area contributed by atoms with Gasteiger partial charge in [-0.3, -0.25) is 0 Å². The van der Waals surface area contributed by atoms with Gasteiger partial charge >= 0.3 is 6.09 Å². The van der Waals surface area contributed by atoms with E-state index in [1.54, 1.807) is 32.6 Å². The molecule has 1 amide bonds. The van der Waals surface area contributed by atoms with Crippen LogP contribution in [-0.4, -0.2) is 37.4 Å². The lowest BCUT2D eigenvalue weighted by Crippen LogP contribution is -2.40. The molecule has 1 heterocycles. The third-order valence-corrected chi connectivity index (χ3v) is 3.55. The van der Waals surface area contributed by atoms with E-state index >= 15 is 0 Å². The van der Waals surface area contributed by atoms with Crippen molar-refractivity contribution in [3.8, 4) is 5.75 Å². The molecule has 2 rings (SSSR count). The normalized spacial score (nSPS) is 17.8. The monoisotopic (exact) mass is 342 g/mol. The number of carbonyl (C=O) groups excluding carboxylic acids is 1. The van der Waals surface area contributed by atoms with E-state index in [9.17, 15) is 13.6 Å². The van der Waals surface area contributed by atoms with Crippen LogP contribution in [0.1, 0.15) is 34.1 Å². The number of amides is 1. The first-order chi connectivity index (χ1) is 11.2. The molecular formula is C17H24F2N2O3. The Balaban J connectivity index is 2.08. The summed E-state index contributed by atoms with van der Waals surface area (Å²) >= 11 is 0. The maximum atomic E-state index is 14.2. The average Bonchev–Trinajstić information content (AvgIpc) is 2.89. The number of hydrogen-bond acceptors (Lipinski definition) is 4. The summed E-state index contributed by atoms with van der Waals surface area (Å²) in [4.78, 5) is 13.5. The van der Waals surface area contributed by atoms with Crippen molar-refractivity contribution in [2.75, 3.05) is 24.6 Å². The smallest absolute Gasteiger partial charge is 0.407 e. The van der Waals surface area contributed by atoms with E-state index in [0.717, 1.165) is 12.1 Å². The maximum Gasteiger partial charge on any atom is 0.407 e. The summed E-state index contributed by atoms with van der Waals surface area (Å²) in [5.74, 6) is -1.23. The zero-order valence-electron chi connectivity index (χ0n) is 14.5. The van der Waals surface area contributed by atoms with Crippen molar-refractivity contribution in [2.24, 2.45) is 0 Å². The van der Waals surface area contributed by atoms with Crippen molar-refractivity contribution in [3.63, 3.8) is 0 Å². The molecule has 24 heavy (non-hydrogen) atoms. The molecule has 0 spiro atoms. The summed E-state index contributed by atoms with van der Waals surface area (Å²) < 4.78 is 38.7. The standard InChI is InChI=1S/C17H24F2N2O3/c1-5-23-15-13(19)7-6-12(18)14(15)21-9-8-11(10-21)20-16(22)24-17(2,3)4/h6-7,11H,5,8-10H2,1-4H3,(H,20,22). The highest BCUT2D eigenvalue weighted by atomic mass is 19.1. The first kappa shape index (κ1) is 18.3. The quantitative estimate of drug-likeness (QED) is 0.910. The minimum atomic E-state index is -0.600. The fourth-order valence-corrected chi connectivity index (χ4v) is 2.65. The number of ether oxygens (including phenoxy) is 2. The Hall–Kier alpha value is -2.05. The first-order valence-electron chi connectivity index (χ1n) is 8.06. The molecule has 1 aliphatic heterocycles. The van der Waals surface area contributed by atoms with Gasteiger partial charge in [0.05, 0.1) is 12.6 Å². The van der Waals surface area contributed by atoms with Crippen LogP contribution in [-0.2, 0) is 4.74 Å². The van der Waals surface area contributed by atoms with E-state index in [1.807, 2.05) is 0 Å². The highest BCUT2D eigenvalue weighted by Gasteiger charge is 2.30. The van der Waals surface area contributed by atoms with Crippen molar-refractivity contribution in [1.82, 2.24) is 5.32 Å². The highest BCUT2D eigenvalue weighted by Crippen LogP contribution is 2.36. The maximum absolute atomic E-state index is 14.2. The average molecular weight is 342 g/mol. The van der Waals surface area contributed by atoms with Gasteiger partial charge in [-0.2, -0.15) is 0 Å². The van der Waals surface area contributed by atoms with Gasteiger partial charge in [-0.1, -0.05) is 0 Å². The van der Waals surface area contributed by atoms with Gasteiger partial charge in [0, 0.05) is 13.1 Å². The Kier molecular flexibility index (Phi) is 5.51. The number of anilines is 1. The SMILES string of the molecule is CCOc1c(F)ccc(F)c1N1CCC(NC(=O)OC(C)(C)C)C1. The van der Waals surface area contributed by atoms with Gasteiger partial charge in [0.15, 0.2) is 17.4 Å². The molecule has 1 unspecified atom stereocenters. The largest absolute Gasteiger partial charge is 0.489 e. The lowest BCUT2D eigenvalue weighted by Gasteiger charge is -2.24. The molecular weight excluding hydrogens is 318 g/mol. The molecule has 5 nitrogen and oxygen atoms in total. The number of rotatable bonds is 4. The van der Waals surface area contributed by atoms with Gasteiger partial charge < -0.3 is 19.7 Å². The van der Waals surface area contributed by atoms with E-state index in [1.165, 1.54) is 0 Å². The zero-order chi connectivity index (χ0) is 17.9. The molecule has 1 atom stereocenters. The van der Waals surface area contributed by atoms with Crippen molar-refractivity contribution < 1.29 is 23.0 Å². The molecule has 1 aliphatic rings. The van der Waals surface area contributed by atoms with Crippen LogP contribution in [0, 0.1) is 11.6 Å². The summed E-state index contributed by atoms with van der Waals surface area (Å²) in [6.07, 6.45) is 0.0971. The summed E-state index contributed by atoms with van der Waals surface area (Å²) in [7, 11) is 0. The number of alkyl carbamates (subject to hydrolysis) is 1. The summed E-state index contributed by atoms with van der Waals surface area (Å²) in [6.45, 7) is 8.14. The highest BCUT2D eigenvalue weighted by molar-refractivity contribution is 5.69. The van der Waals surface area contributed by atoms with Crippen molar-refractivity contribution in [1.29, 1.82) is 0 Å². The minimum Gasteiger partial charge on any atom is -0.489 e. The second-order valence-corrected chi connectivity index (χ2v) is 6.72. The summed E-state index contributed by atoms with van der Waals surface area (Å²) in [5.41, 5.74) is -0.482. The molecule has 1 fully saturated rings. The van der Waals surface area contributed by atoms with Crippen LogP contribution in [0.25, 0.3) is 0 Å². The van der Waals surface area contributed by atoms with Crippen molar-refractivity contribution >= 4 is 11.8 Å². The van der Waals surface area contributed by atoms with Crippen LogP contribution in [0.2, 0.25) is 0 Å². The van der Waals surface area contributed by atoms with Gasteiger partial charge in [0.1, 0.15) is 11.3 Å². The van der Waals surface area contributed by atoms with E-state index in [2.05, 4.69) is 5.32 Å². The Morgan fingerprint density at radius 2 is 2.00 bits per heavy atom. The van der Waals surface area contributed by atoms with E-state index < -0.39 is 23.3 Å². The third-order valence-electron chi connectivity index (χ3n) is 3.55. The zero-order valence-corrected chi connectivity index (χ0v) is 14.5. The van der Waals surface area contributed by atoms with Gasteiger partial charge in [-0.25, -0.2) is 13.6 Å². The number of nitrogens with zero attached hydrogens (tertiary/aromatic N) is 1. The predicted molar refractivity (Wildman–Crippen MR) is 87.5 cm³/mol. The van der Waals surface area contributed by atoms with Crippen LogP contribution in [0.15, 0.2) is 12.1 Å². The molecule has 1 N–H and O–H groups in total. The van der Waals surface area contributed by atoms with Crippen LogP contribution >= 0.6 is 0 Å². The van der Waals surface area contributed by atoms with Crippen LogP contribution in [0.3, 0.4) is 0 Å². The van der Waals surface area contributed by atoms with Crippen LogP contribution < -0.4 is 15.0 Å². The minimum absolute atomic E-state index is 0.0876. The predicted octanol–water partition coefficient (Wildman–Crippen LogP) is 3.47. The molecule has 0 aromatic heterocycles. The second kappa shape index (κ2) is 7.23. The van der Waals surface area contributed by atoms with Crippen molar-refractivity contribution in [3.05, 3.63) is 23.8 Å². The molecule has 1 saturated heterocycles. The van der Waals surface area contributed by atoms with Crippen LogP contribution in [0.4, 0.5) is 19.3 Å². The van der Waals surface area contributed by atoms with E-state index in [0.29, 0.717) is 19.5 Å². The van der Waals surface area contributed by atoms with Gasteiger partial charge in [-0.15, -0.1) is 0 Å². The van der Waals surface area contributed by atoms with Gasteiger partial charge in [0.25, 0.3) is 0 Å². The Labute approximate surface area is 140 Å². The number of carbonyl (C=O) groups is 1. The molecule has 7 heteroatoms. The van der Waals surface area contributed by atoms with Crippen molar-refractivity contribution in [2.45, 2.75) is 45.8 Å². The fourth-order valence-electron chi connectivity index (χ4n) is 2.65. The van der Waals surface area contributed by atoms with E-state index in [4.69, 9.17) is 9.47 Å². The Morgan fingerprint density at radius 3 is 2.62 bits per heavy atom. The fraction of sp³-hybridized carbons (Fsp3) is 0.588. The first-order valence-corrected chi connectivity index (χ1v) is 8.06. The topological polar surface area (TPSA) is 50.8 Å². The molecule has 0 bridgehead atoms. The molecule has 0 aliphatic carbocycles. The number of nitrogens with one attached hydrogen (secondary N) is 1. The molecule has 0 saturated carbocycles. The lowest BCUT2D eigenvalue weighted by molar-refractivity contribution is 0.0509. The Morgan fingerprint density at radius 1 is 1.33 bits per heavy atom. The van der Waals surface area contributed by atoms with Gasteiger partial charge in [0.2, 0.25) is 0 Å². The number of halogens is 2. The lowest BCUT2D eigenvalue weighted by atomic mass is 10.2. The molecule has 134 valence electrons. The Bertz CT molecular complexity index is 602. The molecule has 1 aromatic rings. The van der Waals surface area contributed by atoms with E-state index in [-0.39, 0.29) is 24.1 Å². The molecule has 1 aromatic carbocycles. The summed E-state index contributed by atoms with van der Waals surface area (Å²) in [6, 6.07) is 1.94. The third kappa shape index (κ3) is 4.49. The summed E-state index contributed by atoms with van der Waals surface area (Å²) in [5, 5.41) is 2.76. The van der Waals surface area contributed by atoms with Crippen LogP contribution in [0.5, 0.6) is 5.75 Å². The number of benzene rings is 1. The second-order valence-electron chi connectivity index (χ2n) is 6.72.